The Morgan fingerprint density at radius 2 is 2.00 bits per heavy atom. The van der Waals surface area contributed by atoms with Crippen molar-refractivity contribution < 1.29 is 18.9 Å². The molecule has 0 aliphatic rings. The van der Waals surface area contributed by atoms with Crippen molar-refractivity contribution >= 4 is 22.8 Å². The van der Waals surface area contributed by atoms with E-state index in [9.17, 15) is 13.8 Å². The second-order valence-corrected chi connectivity index (χ2v) is 5.79. The predicted octanol–water partition coefficient (Wildman–Crippen LogP) is 0.554. The van der Waals surface area contributed by atoms with Gasteiger partial charge in [0.1, 0.15) is 6.04 Å². The Balaban J connectivity index is 4.03. The summed E-state index contributed by atoms with van der Waals surface area (Å²) in [4.78, 5) is 22.4. The molecule has 0 aromatic rings. The van der Waals surface area contributed by atoms with E-state index in [-0.39, 0.29) is 5.92 Å². The first kappa shape index (κ1) is 16.9. The van der Waals surface area contributed by atoms with E-state index >= 15 is 0 Å². The zero-order valence-electron chi connectivity index (χ0n) is 11.1. The highest BCUT2D eigenvalue weighted by molar-refractivity contribution is 7.84. The van der Waals surface area contributed by atoms with Gasteiger partial charge in [0.05, 0.1) is 0 Å². The first-order chi connectivity index (χ1) is 8.38. The van der Waals surface area contributed by atoms with Crippen LogP contribution in [0.3, 0.4) is 0 Å². The van der Waals surface area contributed by atoms with E-state index in [0.29, 0.717) is 25.1 Å². The zero-order chi connectivity index (χ0) is 14.1. The highest BCUT2D eigenvalue weighted by Crippen LogP contribution is 2.07. The van der Waals surface area contributed by atoms with E-state index in [2.05, 4.69) is 10.6 Å². The van der Waals surface area contributed by atoms with Gasteiger partial charge in [-0.2, -0.15) is 0 Å². The summed E-state index contributed by atoms with van der Waals surface area (Å²) in [5, 5.41) is 14.0. The number of carboxylic acid groups (broad SMARTS) is 1. The molecule has 0 bridgehead atoms. The first-order valence-electron chi connectivity index (χ1n) is 5.95. The fraction of sp³-hybridized carbons (Fsp3) is 0.818. The van der Waals surface area contributed by atoms with Crippen molar-refractivity contribution in [2.24, 2.45) is 5.92 Å². The van der Waals surface area contributed by atoms with Crippen LogP contribution in [-0.4, -0.2) is 45.9 Å². The van der Waals surface area contributed by atoms with Crippen LogP contribution in [0, 0.1) is 5.92 Å². The van der Waals surface area contributed by atoms with Gasteiger partial charge in [0.15, 0.2) is 0 Å². The third kappa shape index (κ3) is 7.26. The fourth-order valence-corrected chi connectivity index (χ4v) is 1.90. The molecule has 0 aromatic heterocycles. The average Bonchev–Trinajstić information content (AvgIpc) is 2.30. The maximum Gasteiger partial charge on any atom is 0.326 e. The van der Waals surface area contributed by atoms with Gasteiger partial charge in [-0.25, -0.2) is 9.59 Å². The molecule has 0 rings (SSSR count). The van der Waals surface area contributed by atoms with Gasteiger partial charge in [0, 0.05) is 29.4 Å². The lowest BCUT2D eigenvalue weighted by Gasteiger charge is -2.20. The minimum atomic E-state index is -1.03. The van der Waals surface area contributed by atoms with E-state index in [0.717, 1.165) is 0 Å². The Kier molecular flexibility index (Phi) is 8.36. The standard InChI is InChI=1S/C11H22N2O4S/c1-4-8(2)9(10(14)15)13-11(16)12-6-5-7-18(3)17/h8-9H,4-7H2,1-3H3,(H,14,15)(H2,12,13,16). The molecule has 0 saturated heterocycles. The monoisotopic (exact) mass is 278 g/mol. The minimum Gasteiger partial charge on any atom is -0.480 e. The molecule has 3 atom stereocenters. The molecule has 3 unspecified atom stereocenters. The lowest BCUT2D eigenvalue weighted by Crippen LogP contribution is -2.49. The molecule has 2 amide bonds. The molecule has 6 nitrogen and oxygen atoms in total. The number of amides is 2. The second kappa shape index (κ2) is 8.91. The average molecular weight is 278 g/mol. The minimum absolute atomic E-state index is 0.128. The van der Waals surface area contributed by atoms with E-state index in [1.165, 1.54) is 0 Å². The number of urea groups is 1. The lowest BCUT2D eigenvalue weighted by molar-refractivity contribution is -0.140. The molecule has 0 aliphatic carbocycles. The van der Waals surface area contributed by atoms with Crippen molar-refractivity contribution in [2.75, 3.05) is 18.6 Å². The maximum absolute atomic E-state index is 11.5. The molecule has 0 heterocycles. The summed E-state index contributed by atoms with van der Waals surface area (Å²) in [5.41, 5.74) is 0. The highest BCUT2D eigenvalue weighted by atomic mass is 32.2. The molecular weight excluding hydrogens is 256 g/mol. The van der Waals surface area contributed by atoms with Gasteiger partial charge in [0.2, 0.25) is 0 Å². The van der Waals surface area contributed by atoms with Crippen molar-refractivity contribution in [3.05, 3.63) is 0 Å². The number of aliphatic carboxylic acids is 1. The van der Waals surface area contributed by atoms with Crippen LogP contribution in [0.5, 0.6) is 0 Å². The van der Waals surface area contributed by atoms with Gasteiger partial charge in [-0.3, -0.25) is 4.21 Å². The van der Waals surface area contributed by atoms with Gasteiger partial charge in [-0.15, -0.1) is 0 Å². The quantitative estimate of drug-likeness (QED) is 0.565. The summed E-state index contributed by atoms with van der Waals surface area (Å²) >= 11 is 0. The molecule has 0 spiro atoms. The normalized spacial score (nSPS) is 15.5. The summed E-state index contributed by atoms with van der Waals surface area (Å²) in [6.45, 7) is 4.04. The van der Waals surface area contributed by atoms with Gasteiger partial charge >= 0.3 is 12.0 Å². The molecule has 0 fully saturated rings. The topological polar surface area (TPSA) is 95.5 Å². The Morgan fingerprint density at radius 3 is 2.44 bits per heavy atom. The Morgan fingerprint density at radius 1 is 1.39 bits per heavy atom. The molecule has 106 valence electrons. The summed E-state index contributed by atoms with van der Waals surface area (Å²) in [7, 11) is -0.873. The molecular formula is C11H22N2O4S. The van der Waals surface area contributed by atoms with Crippen LogP contribution in [0.25, 0.3) is 0 Å². The first-order valence-corrected chi connectivity index (χ1v) is 7.68. The van der Waals surface area contributed by atoms with Crippen molar-refractivity contribution in [2.45, 2.75) is 32.7 Å². The SMILES string of the molecule is CCC(C)C(NC(=O)NCCCS(C)=O)C(=O)O. The lowest BCUT2D eigenvalue weighted by atomic mass is 9.99. The summed E-state index contributed by atoms with van der Waals surface area (Å²) < 4.78 is 10.8. The molecule has 0 saturated carbocycles. The fourth-order valence-electron chi connectivity index (χ4n) is 1.35. The summed E-state index contributed by atoms with van der Waals surface area (Å²) in [6, 6.07) is -1.38. The predicted molar refractivity (Wildman–Crippen MR) is 71.0 cm³/mol. The zero-order valence-corrected chi connectivity index (χ0v) is 11.9. The van der Waals surface area contributed by atoms with E-state index in [1.807, 2.05) is 6.92 Å². The van der Waals surface area contributed by atoms with Crippen molar-refractivity contribution in [1.29, 1.82) is 0 Å². The van der Waals surface area contributed by atoms with Crippen LogP contribution in [-0.2, 0) is 15.6 Å². The smallest absolute Gasteiger partial charge is 0.326 e. The Labute approximate surface area is 110 Å². The molecule has 0 radical (unpaired) electrons. The number of hydrogen-bond acceptors (Lipinski definition) is 3. The number of nitrogens with one attached hydrogen (secondary N) is 2. The molecule has 3 N–H and O–H groups in total. The van der Waals surface area contributed by atoms with Gasteiger partial charge < -0.3 is 15.7 Å². The highest BCUT2D eigenvalue weighted by Gasteiger charge is 2.24. The van der Waals surface area contributed by atoms with E-state index in [4.69, 9.17) is 5.11 Å². The van der Waals surface area contributed by atoms with Crippen LogP contribution in [0.1, 0.15) is 26.7 Å². The van der Waals surface area contributed by atoms with Gasteiger partial charge in [-0.05, 0) is 12.3 Å². The van der Waals surface area contributed by atoms with Crippen LogP contribution < -0.4 is 10.6 Å². The Hall–Kier alpha value is -1.11. The number of carbonyl (C=O) groups excluding carboxylic acids is 1. The van der Waals surface area contributed by atoms with Crippen LogP contribution >= 0.6 is 0 Å². The van der Waals surface area contributed by atoms with Gasteiger partial charge in [0.25, 0.3) is 0 Å². The van der Waals surface area contributed by atoms with Crippen molar-refractivity contribution in [3.63, 3.8) is 0 Å². The van der Waals surface area contributed by atoms with Crippen LogP contribution in [0.15, 0.2) is 0 Å². The van der Waals surface area contributed by atoms with E-state index in [1.54, 1.807) is 13.2 Å². The van der Waals surface area contributed by atoms with Gasteiger partial charge in [-0.1, -0.05) is 20.3 Å². The third-order valence-electron chi connectivity index (χ3n) is 2.66. The van der Waals surface area contributed by atoms with Crippen molar-refractivity contribution in [1.82, 2.24) is 10.6 Å². The largest absolute Gasteiger partial charge is 0.480 e. The number of carboxylic acids is 1. The maximum atomic E-state index is 11.5. The molecule has 18 heavy (non-hydrogen) atoms. The van der Waals surface area contributed by atoms with Crippen molar-refractivity contribution in [3.8, 4) is 0 Å². The van der Waals surface area contributed by atoms with Crippen LogP contribution in [0.2, 0.25) is 0 Å². The number of carbonyl (C=O) groups is 2. The summed E-state index contributed by atoms with van der Waals surface area (Å²) in [6.07, 6.45) is 2.88. The van der Waals surface area contributed by atoms with Crippen LogP contribution in [0.4, 0.5) is 4.79 Å². The molecule has 7 heteroatoms. The number of rotatable bonds is 8. The second-order valence-electron chi connectivity index (χ2n) is 4.23. The van der Waals surface area contributed by atoms with E-state index < -0.39 is 28.8 Å². The molecule has 0 aromatic carbocycles. The third-order valence-corrected chi connectivity index (χ3v) is 3.52. The summed E-state index contributed by atoms with van der Waals surface area (Å²) in [5.74, 6) is -0.640. The molecule has 0 aliphatic heterocycles. The number of hydrogen-bond donors (Lipinski definition) is 3. The Bertz CT molecular complexity index is 309.